The van der Waals surface area contributed by atoms with Crippen molar-refractivity contribution in [3.63, 3.8) is 0 Å². The van der Waals surface area contributed by atoms with Gasteiger partial charge in [-0.3, -0.25) is 10.2 Å². The number of carbonyl (C=O) groups is 1. The number of rotatable bonds is 8. The maximum atomic E-state index is 11.6. The molecule has 1 aromatic carbocycles. The van der Waals surface area contributed by atoms with E-state index in [1.807, 2.05) is 13.0 Å². The molecule has 0 spiro atoms. The van der Waals surface area contributed by atoms with Crippen molar-refractivity contribution in [2.75, 3.05) is 25.7 Å². The molecule has 0 bridgehead atoms. The third kappa shape index (κ3) is 4.80. The molecule has 0 unspecified atom stereocenters. The zero-order valence-corrected chi connectivity index (χ0v) is 17.6. The molecule has 3 aromatic rings. The molecule has 0 radical (unpaired) electrons. The first-order valence-corrected chi connectivity index (χ1v) is 9.92. The minimum Gasteiger partial charge on any atom is -0.493 e. The largest absolute Gasteiger partial charge is 0.493 e. The molecular formula is C20H23N5O3S. The summed E-state index contributed by atoms with van der Waals surface area (Å²) in [6, 6.07) is 5.36. The van der Waals surface area contributed by atoms with Crippen LogP contribution < -0.4 is 20.2 Å². The number of fused-ring (bicyclic) bond motifs is 1. The van der Waals surface area contributed by atoms with Crippen molar-refractivity contribution < 1.29 is 14.3 Å². The number of benzene rings is 1. The number of nitrogens with one attached hydrogen (secondary N) is 2. The standard InChI is InChI=1S/C20H23N5O3S/c1-5-21-17(26)10-28-15-7-6-14(8-16(15)27-4)9-24-25-19-18-12(2)13(3)29-20(18)23-11-22-19/h6-9,11H,5,10H2,1-4H3,(H,21,26)(H,22,23,25)/b24-9-. The number of amides is 1. The molecular weight excluding hydrogens is 390 g/mol. The van der Waals surface area contributed by atoms with E-state index in [-0.39, 0.29) is 12.5 Å². The number of hydrogen-bond acceptors (Lipinski definition) is 8. The van der Waals surface area contributed by atoms with E-state index < -0.39 is 0 Å². The summed E-state index contributed by atoms with van der Waals surface area (Å²) in [5.41, 5.74) is 4.96. The Hall–Kier alpha value is -3.20. The maximum Gasteiger partial charge on any atom is 0.257 e. The van der Waals surface area contributed by atoms with Gasteiger partial charge in [-0.25, -0.2) is 9.97 Å². The van der Waals surface area contributed by atoms with Crippen LogP contribution in [0.5, 0.6) is 11.5 Å². The van der Waals surface area contributed by atoms with Crippen LogP contribution in [0.2, 0.25) is 0 Å². The first-order chi connectivity index (χ1) is 14.0. The normalized spacial score (nSPS) is 11.0. The molecule has 8 nitrogen and oxygen atoms in total. The molecule has 9 heteroatoms. The fraction of sp³-hybridized carbons (Fsp3) is 0.300. The SMILES string of the molecule is CCNC(=O)COc1ccc(/C=N\Nc2ncnc3sc(C)c(C)c23)cc1OC. The molecule has 1 amide bonds. The summed E-state index contributed by atoms with van der Waals surface area (Å²) in [6.07, 6.45) is 3.19. The summed E-state index contributed by atoms with van der Waals surface area (Å²) in [6.45, 7) is 6.47. The number of hydrazone groups is 1. The van der Waals surface area contributed by atoms with Crippen LogP contribution in [0, 0.1) is 13.8 Å². The molecule has 0 aliphatic rings. The highest BCUT2D eigenvalue weighted by Crippen LogP contribution is 2.32. The maximum absolute atomic E-state index is 11.6. The van der Waals surface area contributed by atoms with Crippen LogP contribution in [0.1, 0.15) is 22.9 Å². The molecule has 0 saturated carbocycles. The van der Waals surface area contributed by atoms with Crippen LogP contribution in [-0.4, -0.2) is 42.4 Å². The van der Waals surface area contributed by atoms with E-state index in [9.17, 15) is 4.79 Å². The topological polar surface area (TPSA) is 97.7 Å². The average molecular weight is 414 g/mol. The van der Waals surface area contributed by atoms with E-state index in [1.54, 1.807) is 36.8 Å². The molecule has 0 atom stereocenters. The summed E-state index contributed by atoms with van der Waals surface area (Å²) in [7, 11) is 1.55. The zero-order valence-electron chi connectivity index (χ0n) is 16.8. The van der Waals surface area contributed by atoms with E-state index in [0.717, 1.165) is 21.3 Å². The number of nitrogens with zero attached hydrogens (tertiary/aromatic N) is 3. The average Bonchev–Trinajstić information content (AvgIpc) is 3.01. The van der Waals surface area contributed by atoms with E-state index >= 15 is 0 Å². The van der Waals surface area contributed by atoms with Crippen LogP contribution in [0.25, 0.3) is 10.2 Å². The lowest BCUT2D eigenvalue weighted by molar-refractivity contribution is -0.123. The monoisotopic (exact) mass is 413 g/mol. The number of ether oxygens (including phenoxy) is 2. The highest BCUT2D eigenvalue weighted by molar-refractivity contribution is 7.18. The van der Waals surface area contributed by atoms with E-state index in [4.69, 9.17) is 9.47 Å². The quantitative estimate of drug-likeness (QED) is 0.434. The third-order valence-corrected chi connectivity index (χ3v) is 5.39. The van der Waals surface area contributed by atoms with Gasteiger partial charge >= 0.3 is 0 Å². The zero-order chi connectivity index (χ0) is 20.8. The Morgan fingerprint density at radius 3 is 2.86 bits per heavy atom. The number of aromatic nitrogens is 2. The Morgan fingerprint density at radius 1 is 1.28 bits per heavy atom. The van der Waals surface area contributed by atoms with Gasteiger partial charge in [0.1, 0.15) is 11.2 Å². The Kier molecular flexibility index (Phi) is 6.61. The van der Waals surface area contributed by atoms with Gasteiger partial charge in [-0.15, -0.1) is 11.3 Å². The first-order valence-electron chi connectivity index (χ1n) is 9.10. The molecule has 2 heterocycles. The molecule has 2 N–H and O–H groups in total. The van der Waals surface area contributed by atoms with Gasteiger partial charge < -0.3 is 14.8 Å². The summed E-state index contributed by atoms with van der Waals surface area (Å²) >= 11 is 1.64. The van der Waals surface area contributed by atoms with Crippen molar-refractivity contribution in [3.8, 4) is 11.5 Å². The van der Waals surface area contributed by atoms with E-state index in [1.165, 1.54) is 11.2 Å². The lowest BCUT2D eigenvalue weighted by Gasteiger charge is -2.11. The molecule has 0 aliphatic carbocycles. The Bertz CT molecular complexity index is 1050. The fourth-order valence-electron chi connectivity index (χ4n) is 2.71. The smallest absolute Gasteiger partial charge is 0.257 e. The highest BCUT2D eigenvalue weighted by atomic mass is 32.1. The second-order valence-electron chi connectivity index (χ2n) is 6.21. The van der Waals surface area contributed by atoms with Gasteiger partial charge in [0.25, 0.3) is 5.91 Å². The van der Waals surface area contributed by atoms with Crippen molar-refractivity contribution >= 4 is 39.5 Å². The van der Waals surface area contributed by atoms with Gasteiger partial charge in [-0.1, -0.05) is 0 Å². The van der Waals surface area contributed by atoms with Crippen LogP contribution in [0.15, 0.2) is 29.6 Å². The lowest BCUT2D eigenvalue weighted by Crippen LogP contribution is -2.28. The fourth-order valence-corrected chi connectivity index (χ4v) is 3.71. The van der Waals surface area contributed by atoms with Crippen LogP contribution in [0.4, 0.5) is 5.82 Å². The predicted molar refractivity (Wildman–Crippen MR) is 115 cm³/mol. The molecule has 3 rings (SSSR count). The summed E-state index contributed by atoms with van der Waals surface area (Å²) in [5, 5.41) is 7.96. The Labute approximate surface area is 173 Å². The van der Waals surface area contributed by atoms with E-state index in [0.29, 0.717) is 23.9 Å². The number of methoxy groups -OCH3 is 1. The number of hydrogen-bond donors (Lipinski definition) is 2. The summed E-state index contributed by atoms with van der Waals surface area (Å²) in [4.78, 5) is 22.3. The molecule has 0 fully saturated rings. The molecule has 29 heavy (non-hydrogen) atoms. The second kappa shape index (κ2) is 9.33. The second-order valence-corrected chi connectivity index (χ2v) is 7.41. The van der Waals surface area contributed by atoms with Crippen molar-refractivity contribution in [1.82, 2.24) is 15.3 Å². The lowest BCUT2D eigenvalue weighted by atomic mass is 10.2. The van der Waals surface area contributed by atoms with Crippen molar-refractivity contribution in [2.24, 2.45) is 5.10 Å². The van der Waals surface area contributed by atoms with Gasteiger partial charge in [-0.2, -0.15) is 5.10 Å². The molecule has 2 aromatic heterocycles. The molecule has 152 valence electrons. The number of likely N-dealkylation sites (N-methyl/N-ethyl adjacent to an activating group) is 1. The molecule has 0 saturated heterocycles. The number of aryl methyl sites for hydroxylation is 2. The van der Waals surface area contributed by atoms with Crippen molar-refractivity contribution in [3.05, 3.63) is 40.5 Å². The predicted octanol–water partition coefficient (Wildman–Crippen LogP) is 3.28. The van der Waals surface area contributed by atoms with Crippen molar-refractivity contribution in [2.45, 2.75) is 20.8 Å². The van der Waals surface area contributed by atoms with Gasteiger partial charge in [0.15, 0.2) is 23.9 Å². The minimum atomic E-state index is -0.181. The molecule has 0 aliphatic heterocycles. The summed E-state index contributed by atoms with van der Waals surface area (Å²) < 4.78 is 10.9. The van der Waals surface area contributed by atoms with Crippen molar-refractivity contribution in [1.29, 1.82) is 0 Å². The van der Waals surface area contributed by atoms with Gasteiger partial charge in [-0.05, 0) is 50.1 Å². The van der Waals surface area contributed by atoms with E-state index in [2.05, 4.69) is 39.7 Å². The van der Waals surface area contributed by atoms with Gasteiger partial charge in [0.05, 0.1) is 18.7 Å². The Balaban J connectivity index is 1.72. The summed E-state index contributed by atoms with van der Waals surface area (Å²) in [5.74, 6) is 1.50. The number of carbonyl (C=O) groups excluding carboxylic acids is 1. The third-order valence-electron chi connectivity index (χ3n) is 4.27. The first kappa shape index (κ1) is 20.5. The Morgan fingerprint density at radius 2 is 2.10 bits per heavy atom. The van der Waals surface area contributed by atoms with Gasteiger partial charge in [0, 0.05) is 11.4 Å². The van der Waals surface area contributed by atoms with Gasteiger partial charge in [0.2, 0.25) is 0 Å². The number of thiophene rings is 1. The van der Waals surface area contributed by atoms with Crippen LogP contribution >= 0.6 is 11.3 Å². The van der Waals surface area contributed by atoms with Crippen LogP contribution in [-0.2, 0) is 4.79 Å². The van der Waals surface area contributed by atoms with Crippen LogP contribution in [0.3, 0.4) is 0 Å². The number of anilines is 1. The highest BCUT2D eigenvalue weighted by Gasteiger charge is 2.11. The minimum absolute atomic E-state index is 0.0672.